The number of nitrogens with one attached hydrogen (secondary N) is 1. The maximum atomic E-state index is 12.3. The van der Waals surface area contributed by atoms with Crippen molar-refractivity contribution in [2.75, 3.05) is 0 Å². The van der Waals surface area contributed by atoms with Gasteiger partial charge < -0.3 is 0 Å². The van der Waals surface area contributed by atoms with Crippen LogP contribution in [0.4, 0.5) is 5.69 Å². The van der Waals surface area contributed by atoms with Gasteiger partial charge in [-0.3, -0.25) is 10.1 Å². The van der Waals surface area contributed by atoms with Gasteiger partial charge in [0.1, 0.15) is 0 Å². The molecule has 0 aromatic heterocycles. The van der Waals surface area contributed by atoms with E-state index in [9.17, 15) is 18.5 Å². The molecule has 0 aliphatic carbocycles. The predicted octanol–water partition coefficient (Wildman–Crippen LogP) is 3.07. The molecule has 0 aliphatic rings. The Balaban J connectivity index is 3.22. The number of hydrogen-bond acceptors (Lipinski definition) is 4. The van der Waals surface area contributed by atoms with Crippen LogP contribution in [0.5, 0.6) is 0 Å². The van der Waals surface area contributed by atoms with Crippen LogP contribution in [0, 0.1) is 16.0 Å². The Morgan fingerprint density at radius 3 is 2.50 bits per heavy atom. The van der Waals surface area contributed by atoms with Crippen molar-refractivity contribution in [1.82, 2.24) is 4.72 Å². The molecule has 20 heavy (non-hydrogen) atoms. The lowest BCUT2D eigenvalue weighted by molar-refractivity contribution is -0.387. The van der Waals surface area contributed by atoms with E-state index in [1.165, 1.54) is 18.2 Å². The highest BCUT2D eigenvalue weighted by molar-refractivity contribution is 9.10. The van der Waals surface area contributed by atoms with E-state index in [1.54, 1.807) is 6.92 Å². The minimum Gasteiger partial charge on any atom is -0.258 e. The number of halogens is 1. The molecule has 2 unspecified atom stereocenters. The molecule has 8 heteroatoms. The monoisotopic (exact) mass is 364 g/mol. The average Bonchev–Trinajstić information content (AvgIpc) is 2.36. The zero-order chi connectivity index (χ0) is 15.5. The van der Waals surface area contributed by atoms with Gasteiger partial charge >= 0.3 is 0 Å². The van der Waals surface area contributed by atoms with Crippen molar-refractivity contribution in [3.05, 3.63) is 32.8 Å². The zero-order valence-corrected chi connectivity index (χ0v) is 13.9. The third-order valence-electron chi connectivity index (χ3n) is 3.25. The van der Waals surface area contributed by atoms with Crippen molar-refractivity contribution < 1.29 is 13.3 Å². The highest BCUT2D eigenvalue weighted by atomic mass is 79.9. The Morgan fingerprint density at radius 1 is 1.40 bits per heavy atom. The standard InChI is InChI=1S/C12H17BrN2O4S/c1-4-8(2)9(3)14-20(18,19)12-7-10(13)5-6-11(12)15(16)17/h5-9,14H,4H2,1-3H3. The molecule has 0 spiro atoms. The van der Waals surface area contributed by atoms with Crippen LogP contribution in [0.15, 0.2) is 27.6 Å². The summed E-state index contributed by atoms with van der Waals surface area (Å²) in [7, 11) is -3.93. The first-order chi connectivity index (χ1) is 9.19. The van der Waals surface area contributed by atoms with Crippen LogP contribution < -0.4 is 4.72 Å². The van der Waals surface area contributed by atoms with E-state index in [0.29, 0.717) is 4.47 Å². The van der Waals surface area contributed by atoms with E-state index >= 15 is 0 Å². The van der Waals surface area contributed by atoms with Gasteiger partial charge in [0.15, 0.2) is 4.90 Å². The fourth-order valence-corrected chi connectivity index (χ4v) is 3.69. The molecule has 0 fully saturated rings. The lowest BCUT2D eigenvalue weighted by Crippen LogP contribution is -2.37. The number of benzene rings is 1. The number of rotatable bonds is 6. The van der Waals surface area contributed by atoms with Gasteiger partial charge in [-0.2, -0.15) is 0 Å². The summed E-state index contributed by atoms with van der Waals surface area (Å²) in [4.78, 5) is 9.93. The SMILES string of the molecule is CCC(C)C(C)NS(=O)(=O)c1cc(Br)ccc1[N+](=O)[O-]. The number of nitrogens with zero attached hydrogens (tertiary/aromatic N) is 1. The molecule has 2 atom stereocenters. The topological polar surface area (TPSA) is 89.3 Å². The number of nitro groups is 1. The predicted molar refractivity (Wildman–Crippen MR) is 80.0 cm³/mol. The molecule has 0 amide bonds. The molecule has 1 N–H and O–H groups in total. The van der Waals surface area contributed by atoms with Gasteiger partial charge in [0.05, 0.1) is 4.92 Å². The Hall–Kier alpha value is -0.990. The third kappa shape index (κ3) is 4.00. The van der Waals surface area contributed by atoms with Gasteiger partial charge in [0.25, 0.3) is 5.69 Å². The molecule has 6 nitrogen and oxygen atoms in total. The quantitative estimate of drug-likeness (QED) is 0.620. The van der Waals surface area contributed by atoms with E-state index in [4.69, 9.17) is 0 Å². The van der Waals surface area contributed by atoms with Crippen molar-refractivity contribution in [2.24, 2.45) is 5.92 Å². The second-order valence-corrected chi connectivity index (χ2v) is 7.26. The summed E-state index contributed by atoms with van der Waals surface area (Å²) < 4.78 is 27.6. The Kier molecular flexibility index (Phi) is 5.67. The van der Waals surface area contributed by atoms with Gasteiger partial charge in [0, 0.05) is 16.6 Å². The van der Waals surface area contributed by atoms with Crippen molar-refractivity contribution in [3.63, 3.8) is 0 Å². The smallest absolute Gasteiger partial charge is 0.258 e. The second kappa shape index (κ2) is 6.64. The largest absolute Gasteiger partial charge is 0.289 e. The van der Waals surface area contributed by atoms with Gasteiger partial charge in [-0.05, 0) is 25.0 Å². The lowest BCUT2D eigenvalue weighted by Gasteiger charge is -2.19. The molecule has 1 aromatic rings. The van der Waals surface area contributed by atoms with Crippen LogP contribution in [0.2, 0.25) is 0 Å². The molecule has 1 aromatic carbocycles. The molecular weight excluding hydrogens is 348 g/mol. The zero-order valence-electron chi connectivity index (χ0n) is 11.5. The molecule has 0 bridgehead atoms. The molecule has 1 rings (SSSR count). The van der Waals surface area contributed by atoms with E-state index in [0.717, 1.165) is 6.42 Å². The summed E-state index contributed by atoms with van der Waals surface area (Å²) in [5, 5.41) is 11.0. The molecule has 0 saturated heterocycles. The Bertz CT molecular complexity index is 603. The maximum Gasteiger partial charge on any atom is 0.289 e. The summed E-state index contributed by atoms with van der Waals surface area (Å²) >= 11 is 3.13. The fourth-order valence-electron chi connectivity index (χ4n) is 1.63. The molecular formula is C12H17BrN2O4S. The van der Waals surface area contributed by atoms with E-state index < -0.39 is 20.6 Å². The molecule has 0 saturated carbocycles. The second-order valence-electron chi connectivity index (χ2n) is 4.66. The van der Waals surface area contributed by atoms with Crippen molar-refractivity contribution in [2.45, 2.75) is 38.1 Å². The number of hydrogen-bond donors (Lipinski definition) is 1. The van der Waals surface area contributed by atoms with Crippen molar-refractivity contribution in [3.8, 4) is 0 Å². The molecule has 0 aliphatic heterocycles. The summed E-state index contributed by atoms with van der Waals surface area (Å²) in [6.45, 7) is 5.62. The van der Waals surface area contributed by atoms with Crippen molar-refractivity contribution >= 4 is 31.6 Å². The van der Waals surface area contributed by atoms with Crippen LogP contribution in [0.1, 0.15) is 27.2 Å². The summed E-state index contributed by atoms with van der Waals surface area (Å²) in [6.07, 6.45) is 0.810. The number of sulfonamides is 1. The van der Waals surface area contributed by atoms with Crippen LogP contribution in [-0.2, 0) is 10.0 Å². The van der Waals surface area contributed by atoms with Gasteiger partial charge in [0.2, 0.25) is 10.0 Å². The first-order valence-electron chi connectivity index (χ1n) is 6.15. The normalized spacial score (nSPS) is 14.8. The van der Waals surface area contributed by atoms with Gasteiger partial charge in [-0.15, -0.1) is 0 Å². The van der Waals surface area contributed by atoms with Gasteiger partial charge in [-0.1, -0.05) is 36.2 Å². The van der Waals surface area contributed by atoms with Crippen LogP contribution in [0.3, 0.4) is 0 Å². The summed E-state index contributed by atoms with van der Waals surface area (Å²) in [5.41, 5.74) is -0.433. The number of nitro benzene ring substituents is 1. The highest BCUT2D eigenvalue weighted by Crippen LogP contribution is 2.27. The molecule has 0 radical (unpaired) electrons. The van der Waals surface area contributed by atoms with E-state index in [-0.39, 0.29) is 16.9 Å². The average molecular weight is 365 g/mol. The van der Waals surface area contributed by atoms with Crippen LogP contribution in [0.25, 0.3) is 0 Å². The van der Waals surface area contributed by atoms with Crippen molar-refractivity contribution in [1.29, 1.82) is 0 Å². The maximum absolute atomic E-state index is 12.3. The summed E-state index contributed by atoms with van der Waals surface area (Å²) in [5.74, 6) is 0.135. The lowest BCUT2D eigenvalue weighted by atomic mass is 10.0. The first-order valence-corrected chi connectivity index (χ1v) is 8.43. The van der Waals surface area contributed by atoms with E-state index in [2.05, 4.69) is 20.7 Å². The molecule has 0 heterocycles. The highest BCUT2D eigenvalue weighted by Gasteiger charge is 2.28. The molecule has 112 valence electrons. The minimum absolute atomic E-state index is 0.135. The minimum atomic E-state index is -3.93. The fraction of sp³-hybridized carbons (Fsp3) is 0.500. The summed E-state index contributed by atoms with van der Waals surface area (Å²) in [6, 6.07) is 3.55. The van der Waals surface area contributed by atoms with Crippen LogP contribution >= 0.6 is 15.9 Å². The van der Waals surface area contributed by atoms with Crippen LogP contribution in [-0.4, -0.2) is 19.4 Å². The third-order valence-corrected chi connectivity index (χ3v) is 5.33. The van der Waals surface area contributed by atoms with E-state index in [1.807, 2.05) is 13.8 Å². The first kappa shape index (κ1) is 17.1. The Morgan fingerprint density at radius 2 is 2.00 bits per heavy atom. The van der Waals surface area contributed by atoms with Gasteiger partial charge in [-0.25, -0.2) is 13.1 Å². The Labute approximate surface area is 126 Å².